The Morgan fingerprint density at radius 3 is 2.10 bits per heavy atom. The fourth-order valence-corrected chi connectivity index (χ4v) is 2.57. The number of nitrogens with zero attached hydrogens (tertiary/aromatic N) is 1. The molecule has 1 atom stereocenters. The number of carbonyl (C=O) groups excluding carboxylic acids is 1. The molecule has 0 aliphatic heterocycles. The van der Waals surface area contributed by atoms with E-state index in [4.69, 9.17) is 0 Å². The van der Waals surface area contributed by atoms with Crippen molar-refractivity contribution in [3.8, 4) is 0 Å². The van der Waals surface area contributed by atoms with Gasteiger partial charge in [0.1, 0.15) is 6.29 Å². The summed E-state index contributed by atoms with van der Waals surface area (Å²) < 4.78 is 22.8. The SMILES string of the molecule is Cc1ccc(C(C=O)c2ccc(S(C)(=O)=O)cc2)cn1. The van der Waals surface area contributed by atoms with E-state index in [1.807, 2.05) is 19.1 Å². The lowest BCUT2D eigenvalue weighted by atomic mass is 9.94. The van der Waals surface area contributed by atoms with Gasteiger partial charge in [0.25, 0.3) is 0 Å². The van der Waals surface area contributed by atoms with Crippen molar-refractivity contribution in [3.63, 3.8) is 0 Å². The summed E-state index contributed by atoms with van der Waals surface area (Å²) in [7, 11) is -3.22. The van der Waals surface area contributed by atoms with Gasteiger partial charge >= 0.3 is 0 Å². The summed E-state index contributed by atoms with van der Waals surface area (Å²) in [6, 6.07) is 10.1. The summed E-state index contributed by atoms with van der Waals surface area (Å²) in [5.41, 5.74) is 2.42. The van der Waals surface area contributed by atoms with Gasteiger partial charge in [-0.1, -0.05) is 18.2 Å². The zero-order valence-corrected chi connectivity index (χ0v) is 12.1. The van der Waals surface area contributed by atoms with E-state index in [2.05, 4.69) is 4.98 Å². The summed E-state index contributed by atoms with van der Waals surface area (Å²) in [5.74, 6) is -0.434. The zero-order valence-electron chi connectivity index (χ0n) is 11.3. The van der Waals surface area contributed by atoms with Crippen molar-refractivity contribution < 1.29 is 13.2 Å². The first kappa shape index (κ1) is 14.4. The minimum absolute atomic E-state index is 0.243. The van der Waals surface area contributed by atoms with Crippen LogP contribution in [0.2, 0.25) is 0 Å². The highest BCUT2D eigenvalue weighted by Crippen LogP contribution is 2.23. The number of rotatable bonds is 4. The van der Waals surface area contributed by atoms with E-state index in [0.29, 0.717) is 0 Å². The average molecular weight is 289 g/mol. The second-order valence-corrected chi connectivity index (χ2v) is 6.70. The van der Waals surface area contributed by atoms with Crippen LogP contribution in [0.25, 0.3) is 0 Å². The Hall–Kier alpha value is -2.01. The van der Waals surface area contributed by atoms with Crippen LogP contribution in [-0.4, -0.2) is 25.9 Å². The van der Waals surface area contributed by atoms with Gasteiger partial charge in [-0.05, 0) is 36.2 Å². The van der Waals surface area contributed by atoms with Gasteiger partial charge in [0.05, 0.1) is 10.8 Å². The predicted octanol–water partition coefficient (Wildman–Crippen LogP) is 2.12. The number of hydrogen-bond donors (Lipinski definition) is 0. The van der Waals surface area contributed by atoms with Crippen molar-refractivity contribution in [2.75, 3.05) is 6.26 Å². The lowest BCUT2D eigenvalue weighted by Crippen LogP contribution is -2.04. The molecule has 104 valence electrons. The third kappa shape index (κ3) is 3.11. The van der Waals surface area contributed by atoms with Crippen LogP contribution in [0.5, 0.6) is 0 Å². The van der Waals surface area contributed by atoms with Crippen molar-refractivity contribution in [3.05, 3.63) is 59.4 Å². The predicted molar refractivity (Wildman–Crippen MR) is 76.4 cm³/mol. The van der Waals surface area contributed by atoms with Crippen LogP contribution in [0, 0.1) is 6.92 Å². The molecule has 0 N–H and O–H groups in total. The minimum Gasteiger partial charge on any atom is -0.302 e. The number of aldehydes is 1. The van der Waals surface area contributed by atoms with E-state index in [0.717, 1.165) is 29.4 Å². The first-order valence-electron chi connectivity index (χ1n) is 6.09. The van der Waals surface area contributed by atoms with E-state index in [-0.39, 0.29) is 4.90 Å². The minimum atomic E-state index is -3.22. The lowest BCUT2D eigenvalue weighted by molar-refractivity contribution is -0.108. The zero-order chi connectivity index (χ0) is 14.8. The second kappa shape index (κ2) is 5.54. The highest BCUT2D eigenvalue weighted by Gasteiger charge is 2.15. The monoisotopic (exact) mass is 289 g/mol. The molecule has 1 heterocycles. The molecule has 0 radical (unpaired) electrons. The molecule has 0 fully saturated rings. The number of pyridine rings is 1. The summed E-state index contributed by atoms with van der Waals surface area (Å²) in [6.45, 7) is 1.88. The quantitative estimate of drug-likeness (QED) is 0.809. The van der Waals surface area contributed by atoms with Crippen molar-refractivity contribution in [2.24, 2.45) is 0 Å². The van der Waals surface area contributed by atoms with Crippen LogP contribution in [-0.2, 0) is 14.6 Å². The third-order valence-electron chi connectivity index (χ3n) is 3.10. The smallest absolute Gasteiger partial charge is 0.175 e. The normalized spacial score (nSPS) is 12.9. The maximum atomic E-state index is 11.4. The molecule has 0 aliphatic rings. The maximum Gasteiger partial charge on any atom is 0.175 e. The van der Waals surface area contributed by atoms with Crippen LogP contribution < -0.4 is 0 Å². The third-order valence-corrected chi connectivity index (χ3v) is 4.23. The Labute approximate surface area is 118 Å². The van der Waals surface area contributed by atoms with Crippen LogP contribution in [0.3, 0.4) is 0 Å². The molecule has 1 aromatic heterocycles. The van der Waals surface area contributed by atoms with Gasteiger partial charge < -0.3 is 4.79 Å². The fraction of sp³-hybridized carbons (Fsp3) is 0.200. The molecular formula is C15H15NO3S. The Morgan fingerprint density at radius 1 is 1.05 bits per heavy atom. The van der Waals surface area contributed by atoms with Crippen molar-refractivity contribution >= 4 is 16.1 Å². The van der Waals surface area contributed by atoms with E-state index in [9.17, 15) is 13.2 Å². The van der Waals surface area contributed by atoms with Gasteiger partial charge in [0.2, 0.25) is 0 Å². The molecule has 20 heavy (non-hydrogen) atoms. The topological polar surface area (TPSA) is 64.1 Å². The summed E-state index contributed by atoms with van der Waals surface area (Å²) >= 11 is 0. The number of aromatic nitrogens is 1. The Bertz CT molecular complexity index is 704. The molecule has 0 saturated heterocycles. The molecule has 2 aromatic rings. The van der Waals surface area contributed by atoms with Gasteiger partial charge in [0, 0.05) is 18.1 Å². The lowest BCUT2D eigenvalue weighted by Gasteiger charge is -2.11. The van der Waals surface area contributed by atoms with Crippen LogP contribution in [0.1, 0.15) is 22.7 Å². The number of sulfone groups is 1. The standard InChI is InChI=1S/C15H15NO3S/c1-11-3-4-13(9-16-11)15(10-17)12-5-7-14(8-6-12)20(2,18)19/h3-10,15H,1-2H3. The molecule has 5 heteroatoms. The summed E-state index contributed by atoms with van der Waals surface area (Å²) in [6.07, 6.45) is 3.66. The summed E-state index contributed by atoms with van der Waals surface area (Å²) in [4.78, 5) is 15.7. The van der Waals surface area contributed by atoms with E-state index in [1.54, 1.807) is 18.3 Å². The number of hydrogen-bond acceptors (Lipinski definition) is 4. The van der Waals surface area contributed by atoms with E-state index >= 15 is 0 Å². The maximum absolute atomic E-state index is 11.4. The molecular weight excluding hydrogens is 274 g/mol. The first-order chi connectivity index (χ1) is 9.41. The fourth-order valence-electron chi connectivity index (χ4n) is 1.94. The Balaban J connectivity index is 2.37. The molecule has 1 aromatic carbocycles. The highest BCUT2D eigenvalue weighted by atomic mass is 32.2. The molecule has 0 amide bonds. The van der Waals surface area contributed by atoms with Gasteiger partial charge in [-0.15, -0.1) is 0 Å². The van der Waals surface area contributed by atoms with Crippen molar-refractivity contribution in [1.29, 1.82) is 0 Å². The van der Waals surface area contributed by atoms with Gasteiger partial charge in [0.15, 0.2) is 9.84 Å². The molecule has 0 spiro atoms. The van der Waals surface area contributed by atoms with Crippen molar-refractivity contribution in [1.82, 2.24) is 4.98 Å². The number of carbonyl (C=O) groups is 1. The van der Waals surface area contributed by atoms with Gasteiger partial charge in [-0.3, -0.25) is 4.98 Å². The van der Waals surface area contributed by atoms with Crippen LogP contribution in [0.15, 0.2) is 47.5 Å². The largest absolute Gasteiger partial charge is 0.302 e. The molecule has 0 aliphatic carbocycles. The Morgan fingerprint density at radius 2 is 1.65 bits per heavy atom. The van der Waals surface area contributed by atoms with Crippen LogP contribution in [0.4, 0.5) is 0 Å². The number of benzene rings is 1. The van der Waals surface area contributed by atoms with Gasteiger partial charge in [-0.2, -0.15) is 0 Å². The molecule has 4 nitrogen and oxygen atoms in total. The molecule has 0 bridgehead atoms. The second-order valence-electron chi connectivity index (χ2n) is 4.69. The molecule has 0 saturated carbocycles. The van der Waals surface area contributed by atoms with Crippen LogP contribution >= 0.6 is 0 Å². The van der Waals surface area contributed by atoms with Crippen molar-refractivity contribution in [2.45, 2.75) is 17.7 Å². The summed E-state index contributed by atoms with van der Waals surface area (Å²) in [5, 5.41) is 0. The first-order valence-corrected chi connectivity index (χ1v) is 7.99. The number of aryl methyl sites for hydroxylation is 1. The van der Waals surface area contributed by atoms with E-state index < -0.39 is 15.8 Å². The van der Waals surface area contributed by atoms with Gasteiger partial charge in [-0.25, -0.2) is 8.42 Å². The Kier molecular flexibility index (Phi) is 3.99. The average Bonchev–Trinajstić information content (AvgIpc) is 2.41. The highest BCUT2D eigenvalue weighted by molar-refractivity contribution is 7.90. The van der Waals surface area contributed by atoms with E-state index in [1.165, 1.54) is 12.1 Å². The molecule has 1 unspecified atom stereocenters. The molecule has 2 rings (SSSR count).